The monoisotopic (exact) mass is 141 g/mol. The van der Waals surface area contributed by atoms with Crippen molar-refractivity contribution >= 4 is 5.69 Å². The smallest absolute Gasteiger partial charge is 0.141 e. The Morgan fingerprint density at radius 3 is 2.60 bits per heavy atom. The minimum absolute atomic E-state index is 0.205. The van der Waals surface area contributed by atoms with Crippen molar-refractivity contribution in [3.63, 3.8) is 0 Å². The van der Waals surface area contributed by atoms with Crippen LogP contribution in [0.3, 0.4) is 0 Å². The number of phenols is 1. The van der Waals surface area contributed by atoms with Crippen LogP contribution in [-0.2, 0) is 0 Å². The van der Waals surface area contributed by atoms with Crippen molar-refractivity contribution in [1.82, 2.24) is 0 Å². The number of halogens is 1. The first-order valence-corrected chi connectivity index (χ1v) is 2.86. The van der Waals surface area contributed by atoms with Gasteiger partial charge in [-0.2, -0.15) is 0 Å². The average molecular weight is 141 g/mol. The average Bonchev–Trinajstić information content (AvgIpc) is 1.84. The second-order valence-electron chi connectivity index (χ2n) is 2.16. The van der Waals surface area contributed by atoms with E-state index in [2.05, 4.69) is 0 Å². The van der Waals surface area contributed by atoms with Crippen molar-refractivity contribution in [3.8, 4) is 5.75 Å². The Labute approximate surface area is 58.1 Å². The van der Waals surface area contributed by atoms with Crippen LogP contribution in [-0.4, -0.2) is 5.11 Å². The predicted octanol–water partition coefficient (Wildman–Crippen LogP) is 1.42. The molecule has 0 saturated carbocycles. The van der Waals surface area contributed by atoms with E-state index in [0.717, 1.165) is 6.07 Å². The Morgan fingerprint density at radius 1 is 1.50 bits per heavy atom. The van der Waals surface area contributed by atoms with Gasteiger partial charge in [0.1, 0.15) is 11.6 Å². The van der Waals surface area contributed by atoms with E-state index < -0.39 is 5.82 Å². The quantitative estimate of drug-likeness (QED) is 0.424. The molecule has 0 unspecified atom stereocenters. The molecule has 0 bridgehead atoms. The first-order valence-electron chi connectivity index (χ1n) is 2.86. The topological polar surface area (TPSA) is 46.2 Å². The van der Waals surface area contributed by atoms with Crippen LogP contribution in [0.2, 0.25) is 0 Å². The lowest BCUT2D eigenvalue weighted by Crippen LogP contribution is -1.89. The van der Waals surface area contributed by atoms with E-state index in [9.17, 15) is 4.39 Å². The van der Waals surface area contributed by atoms with Crippen LogP contribution >= 0.6 is 0 Å². The van der Waals surface area contributed by atoms with E-state index in [1.54, 1.807) is 6.92 Å². The van der Waals surface area contributed by atoms with Gasteiger partial charge in [-0.1, -0.05) is 0 Å². The maximum absolute atomic E-state index is 12.5. The van der Waals surface area contributed by atoms with E-state index in [1.165, 1.54) is 6.07 Å². The van der Waals surface area contributed by atoms with Crippen LogP contribution in [0.15, 0.2) is 12.1 Å². The number of nitrogens with two attached hydrogens (primary N) is 1. The van der Waals surface area contributed by atoms with Crippen molar-refractivity contribution in [1.29, 1.82) is 0 Å². The Bertz CT molecular complexity index is 210. The first-order chi connectivity index (χ1) is 4.61. The zero-order valence-electron chi connectivity index (χ0n) is 5.56. The number of aryl methyl sites for hydroxylation is 1. The molecule has 0 radical (unpaired) electrons. The molecule has 2 nitrogen and oxygen atoms in total. The molecule has 1 aromatic rings. The van der Waals surface area contributed by atoms with Crippen LogP contribution in [0, 0.1) is 12.7 Å². The zero-order valence-corrected chi connectivity index (χ0v) is 5.56. The van der Waals surface area contributed by atoms with E-state index >= 15 is 0 Å². The molecule has 0 amide bonds. The lowest BCUT2D eigenvalue weighted by molar-refractivity contribution is 0.471. The van der Waals surface area contributed by atoms with Crippen LogP contribution in [0.25, 0.3) is 0 Å². The minimum atomic E-state index is -0.438. The summed E-state index contributed by atoms with van der Waals surface area (Å²) in [5.41, 5.74) is 5.92. The molecule has 0 heterocycles. The van der Waals surface area contributed by atoms with Gasteiger partial charge >= 0.3 is 0 Å². The van der Waals surface area contributed by atoms with Gasteiger partial charge < -0.3 is 10.8 Å². The summed E-state index contributed by atoms with van der Waals surface area (Å²) in [6.45, 7) is 1.59. The summed E-state index contributed by atoms with van der Waals surface area (Å²) in [7, 11) is 0. The van der Waals surface area contributed by atoms with Crippen molar-refractivity contribution in [3.05, 3.63) is 23.5 Å². The van der Waals surface area contributed by atoms with Crippen LogP contribution in [0.5, 0.6) is 5.75 Å². The van der Waals surface area contributed by atoms with E-state index in [0.29, 0.717) is 5.56 Å². The molecule has 0 fully saturated rings. The van der Waals surface area contributed by atoms with Crippen LogP contribution in [0.1, 0.15) is 5.56 Å². The molecule has 0 aliphatic rings. The minimum Gasteiger partial charge on any atom is -0.506 e. The van der Waals surface area contributed by atoms with Crippen LogP contribution in [0.4, 0.5) is 10.1 Å². The molecule has 0 aliphatic heterocycles. The lowest BCUT2D eigenvalue weighted by Gasteiger charge is -2.00. The highest BCUT2D eigenvalue weighted by molar-refractivity contribution is 5.53. The highest BCUT2D eigenvalue weighted by Gasteiger charge is 2.01. The van der Waals surface area contributed by atoms with Gasteiger partial charge in [0.15, 0.2) is 0 Å². The summed E-state index contributed by atoms with van der Waals surface area (Å²) in [5.74, 6) is -0.644. The molecule has 3 heteroatoms. The third-order valence-electron chi connectivity index (χ3n) is 1.31. The standard InChI is InChI=1S/C7H8FNO/c1-4-2-6(9)7(10)3-5(4)8/h2-3,10H,9H2,1H3. The summed E-state index contributed by atoms with van der Waals surface area (Å²) < 4.78 is 12.5. The van der Waals surface area contributed by atoms with Crippen molar-refractivity contribution < 1.29 is 9.50 Å². The summed E-state index contributed by atoms with van der Waals surface area (Å²) in [4.78, 5) is 0. The van der Waals surface area contributed by atoms with Crippen molar-refractivity contribution in [2.24, 2.45) is 0 Å². The third kappa shape index (κ3) is 1.03. The molecule has 0 aliphatic carbocycles. The fraction of sp³-hybridized carbons (Fsp3) is 0.143. The molecular weight excluding hydrogens is 133 g/mol. The van der Waals surface area contributed by atoms with Gasteiger partial charge in [0.25, 0.3) is 0 Å². The Balaban J connectivity index is 3.28. The molecule has 1 aromatic carbocycles. The predicted molar refractivity (Wildman–Crippen MR) is 37.2 cm³/mol. The maximum Gasteiger partial charge on any atom is 0.141 e. The van der Waals surface area contributed by atoms with E-state index in [-0.39, 0.29) is 11.4 Å². The maximum atomic E-state index is 12.5. The summed E-state index contributed by atoms with van der Waals surface area (Å²) >= 11 is 0. The van der Waals surface area contributed by atoms with Gasteiger partial charge in [0, 0.05) is 6.07 Å². The SMILES string of the molecule is Cc1cc(N)c(O)cc1F. The van der Waals surface area contributed by atoms with Crippen molar-refractivity contribution in [2.45, 2.75) is 6.92 Å². The van der Waals surface area contributed by atoms with Gasteiger partial charge in [-0.05, 0) is 18.6 Å². The number of hydrogen-bond donors (Lipinski definition) is 2. The molecule has 54 valence electrons. The Morgan fingerprint density at radius 2 is 2.10 bits per heavy atom. The molecule has 0 aromatic heterocycles. The summed E-state index contributed by atoms with van der Waals surface area (Å²) in [6, 6.07) is 2.40. The molecule has 0 atom stereocenters. The molecule has 3 N–H and O–H groups in total. The number of aromatic hydroxyl groups is 1. The molecular formula is C7H8FNO. The van der Waals surface area contributed by atoms with Crippen molar-refractivity contribution in [2.75, 3.05) is 5.73 Å². The zero-order chi connectivity index (χ0) is 7.72. The van der Waals surface area contributed by atoms with E-state index in [1.807, 2.05) is 0 Å². The third-order valence-corrected chi connectivity index (χ3v) is 1.31. The molecule has 0 spiro atoms. The Kier molecular flexibility index (Phi) is 1.49. The fourth-order valence-corrected chi connectivity index (χ4v) is 0.693. The number of hydrogen-bond acceptors (Lipinski definition) is 2. The summed E-state index contributed by atoms with van der Waals surface area (Å²) in [5, 5.41) is 8.86. The molecule has 1 rings (SSSR count). The fourth-order valence-electron chi connectivity index (χ4n) is 0.693. The number of anilines is 1. The molecule has 10 heavy (non-hydrogen) atoms. The number of phenolic OH excluding ortho intramolecular Hbond substituents is 1. The largest absolute Gasteiger partial charge is 0.506 e. The van der Waals surface area contributed by atoms with Gasteiger partial charge in [-0.3, -0.25) is 0 Å². The summed E-state index contributed by atoms with van der Waals surface area (Å²) in [6.07, 6.45) is 0. The highest BCUT2D eigenvalue weighted by Crippen LogP contribution is 2.22. The van der Waals surface area contributed by atoms with E-state index in [4.69, 9.17) is 10.8 Å². The molecule has 0 saturated heterocycles. The first kappa shape index (κ1) is 6.86. The van der Waals surface area contributed by atoms with Gasteiger partial charge in [0.2, 0.25) is 0 Å². The number of nitrogen functional groups attached to an aromatic ring is 1. The lowest BCUT2D eigenvalue weighted by atomic mass is 10.2. The number of benzene rings is 1. The van der Waals surface area contributed by atoms with Gasteiger partial charge in [0.05, 0.1) is 5.69 Å². The number of rotatable bonds is 0. The van der Waals surface area contributed by atoms with Gasteiger partial charge in [-0.25, -0.2) is 4.39 Å². The highest BCUT2D eigenvalue weighted by atomic mass is 19.1. The second kappa shape index (κ2) is 2.17. The Hall–Kier alpha value is -1.25. The van der Waals surface area contributed by atoms with Gasteiger partial charge in [-0.15, -0.1) is 0 Å². The second-order valence-corrected chi connectivity index (χ2v) is 2.16. The van der Waals surface area contributed by atoms with Crippen LogP contribution < -0.4 is 5.73 Å². The normalized spacial score (nSPS) is 9.80.